The first kappa shape index (κ1) is 32.5. The molecule has 2 heterocycles. The molecule has 0 radical (unpaired) electrons. The summed E-state index contributed by atoms with van der Waals surface area (Å²) in [5.74, 6) is -17.7. The van der Waals surface area contributed by atoms with E-state index in [-0.39, 0.29) is 19.5 Å². The van der Waals surface area contributed by atoms with Gasteiger partial charge in [0.25, 0.3) is 11.8 Å². The summed E-state index contributed by atoms with van der Waals surface area (Å²) in [7, 11) is 0. The summed E-state index contributed by atoms with van der Waals surface area (Å²) in [5.41, 5.74) is -2.76. The predicted octanol–water partition coefficient (Wildman–Crippen LogP) is 9.24. The number of rotatable bonds is 8. The van der Waals surface area contributed by atoms with Crippen molar-refractivity contribution in [1.82, 2.24) is 10.6 Å². The molecule has 0 bridgehead atoms. The van der Waals surface area contributed by atoms with Crippen LogP contribution in [-0.4, -0.2) is 29.6 Å². The second-order valence-electron chi connectivity index (χ2n) is 10.8. The van der Waals surface area contributed by atoms with Gasteiger partial charge in [0, 0.05) is 20.9 Å². The molecule has 0 aliphatic heterocycles. The molecule has 0 spiro atoms. The molecule has 1 aliphatic carbocycles. The first-order chi connectivity index (χ1) is 21.1. The van der Waals surface area contributed by atoms with Gasteiger partial charge >= 0.3 is 17.8 Å². The minimum atomic E-state index is -5.78. The number of allylic oxidation sites excluding steroid dienone is 2. The largest absolute Gasteiger partial charge is 0.380 e. The fraction of sp³-hybridized carbons (Fsp3) is 0.273. The standard InChI is InChI=1S/C33H28F6N2O2S2/c1-17(21-11-7-5-8-12-21)40-29(42)25-15-23(19(3)44-25)27-28(32(36,37)33(38,39)31(27,34)35)24-16-26(45-20(24)4)30(43)41-18(2)22-13-9-6-10-14-22/h5-18H,1-4H3,(H,40,42)(H,41,43)/t17-,18-/m1/s1. The van der Waals surface area contributed by atoms with E-state index in [2.05, 4.69) is 10.6 Å². The third-order valence-corrected chi connectivity index (χ3v) is 9.88. The summed E-state index contributed by atoms with van der Waals surface area (Å²) in [4.78, 5) is 25.9. The van der Waals surface area contributed by atoms with Crippen LogP contribution in [-0.2, 0) is 0 Å². The topological polar surface area (TPSA) is 58.2 Å². The van der Waals surface area contributed by atoms with Gasteiger partial charge in [0.2, 0.25) is 0 Å². The Morgan fingerprint density at radius 3 is 1.29 bits per heavy atom. The first-order valence-corrected chi connectivity index (χ1v) is 15.5. The van der Waals surface area contributed by atoms with E-state index in [1.54, 1.807) is 74.5 Å². The molecule has 2 aromatic heterocycles. The second kappa shape index (κ2) is 11.8. The van der Waals surface area contributed by atoms with Crippen LogP contribution in [0.3, 0.4) is 0 Å². The Hall–Kier alpha value is -3.90. The smallest absolute Gasteiger partial charge is 0.345 e. The Balaban J connectivity index is 1.56. The third kappa shape index (κ3) is 5.58. The van der Waals surface area contributed by atoms with Gasteiger partial charge in [-0.25, -0.2) is 0 Å². The molecule has 2 amide bonds. The highest BCUT2D eigenvalue weighted by molar-refractivity contribution is 7.14. The summed E-state index contributed by atoms with van der Waals surface area (Å²) in [6.07, 6.45) is 0. The molecule has 4 nitrogen and oxygen atoms in total. The van der Waals surface area contributed by atoms with E-state index in [1.165, 1.54) is 13.8 Å². The second-order valence-corrected chi connectivity index (χ2v) is 13.4. The monoisotopic (exact) mass is 662 g/mol. The van der Waals surface area contributed by atoms with Crippen molar-refractivity contribution >= 4 is 45.6 Å². The minimum Gasteiger partial charge on any atom is -0.345 e. The lowest BCUT2D eigenvalue weighted by Crippen LogP contribution is -2.48. The van der Waals surface area contributed by atoms with Crippen molar-refractivity contribution in [3.63, 3.8) is 0 Å². The highest BCUT2D eigenvalue weighted by Gasteiger charge is 2.80. The van der Waals surface area contributed by atoms with Gasteiger partial charge in [-0.3, -0.25) is 9.59 Å². The van der Waals surface area contributed by atoms with E-state index >= 15 is 17.6 Å². The average Bonchev–Trinajstić information content (AvgIpc) is 3.60. The minimum absolute atomic E-state index is 0.0178. The van der Waals surface area contributed by atoms with Crippen molar-refractivity contribution < 1.29 is 35.9 Å². The van der Waals surface area contributed by atoms with Crippen molar-refractivity contribution in [3.05, 3.63) is 115 Å². The van der Waals surface area contributed by atoms with Crippen molar-refractivity contribution in [1.29, 1.82) is 0 Å². The van der Waals surface area contributed by atoms with Gasteiger partial charge < -0.3 is 10.6 Å². The molecule has 0 unspecified atom stereocenters. The quantitative estimate of drug-likeness (QED) is 0.185. The molecule has 12 heteroatoms. The molecule has 2 N–H and O–H groups in total. The molecule has 0 fully saturated rings. The number of hydrogen-bond acceptors (Lipinski definition) is 4. The van der Waals surface area contributed by atoms with Crippen LogP contribution >= 0.6 is 22.7 Å². The van der Waals surface area contributed by atoms with Crippen LogP contribution in [0.25, 0.3) is 11.1 Å². The van der Waals surface area contributed by atoms with Gasteiger partial charge in [0.1, 0.15) is 0 Å². The van der Waals surface area contributed by atoms with E-state index in [0.29, 0.717) is 0 Å². The maximum atomic E-state index is 15.5. The number of hydrogen-bond donors (Lipinski definition) is 2. The molecular weight excluding hydrogens is 634 g/mol. The van der Waals surface area contributed by atoms with E-state index in [4.69, 9.17) is 0 Å². The highest BCUT2D eigenvalue weighted by atomic mass is 32.1. The van der Waals surface area contributed by atoms with Gasteiger partial charge in [-0.2, -0.15) is 26.3 Å². The van der Waals surface area contributed by atoms with Crippen molar-refractivity contribution in [2.45, 2.75) is 57.5 Å². The number of alkyl halides is 6. The van der Waals surface area contributed by atoms with E-state index in [9.17, 15) is 18.4 Å². The molecular formula is C33H28F6N2O2S2. The van der Waals surface area contributed by atoms with Crippen LogP contribution < -0.4 is 10.6 Å². The Morgan fingerprint density at radius 2 is 0.956 bits per heavy atom. The van der Waals surface area contributed by atoms with Gasteiger partial charge in [-0.15, -0.1) is 22.7 Å². The van der Waals surface area contributed by atoms with Crippen LogP contribution in [0.1, 0.15) is 77.3 Å². The molecule has 2 atom stereocenters. The molecule has 1 aliphatic rings. The van der Waals surface area contributed by atoms with E-state index < -0.39 is 63.9 Å². The van der Waals surface area contributed by atoms with Crippen molar-refractivity contribution in [2.75, 3.05) is 0 Å². The Kier molecular flexibility index (Phi) is 8.52. The lowest BCUT2D eigenvalue weighted by atomic mass is 9.95. The summed E-state index contributed by atoms with van der Waals surface area (Å²) in [6.45, 7) is 6.01. The Morgan fingerprint density at radius 1 is 0.622 bits per heavy atom. The number of aryl methyl sites for hydroxylation is 2. The number of thiophene rings is 2. The first-order valence-electron chi connectivity index (χ1n) is 13.9. The molecule has 0 saturated carbocycles. The van der Waals surface area contributed by atoms with Crippen LogP contribution in [0, 0.1) is 13.8 Å². The predicted molar refractivity (Wildman–Crippen MR) is 164 cm³/mol. The number of carbonyl (C=O) groups excluding carboxylic acids is 2. The van der Waals surface area contributed by atoms with Crippen molar-refractivity contribution in [3.8, 4) is 0 Å². The lowest BCUT2D eigenvalue weighted by Gasteiger charge is -2.25. The Labute approximate surface area is 263 Å². The maximum absolute atomic E-state index is 15.5. The zero-order valence-corrected chi connectivity index (χ0v) is 26.1. The summed E-state index contributed by atoms with van der Waals surface area (Å²) < 4.78 is 92.1. The van der Waals surface area contributed by atoms with E-state index in [0.717, 1.165) is 45.9 Å². The summed E-state index contributed by atoms with van der Waals surface area (Å²) in [5, 5.41) is 5.44. The summed E-state index contributed by atoms with van der Waals surface area (Å²) in [6, 6.07) is 18.7. The number of benzene rings is 2. The lowest BCUT2D eigenvalue weighted by molar-refractivity contribution is -0.254. The number of amides is 2. The molecule has 5 rings (SSSR count). The van der Waals surface area contributed by atoms with Crippen LogP contribution in [0.5, 0.6) is 0 Å². The fourth-order valence-electron chi connectivity index (χ4n) is 5.30. The maximum Gasteiger partial charge on any atom is 0.380 e. The van der Waals surface area contributed by atoms with Gasteiger partial charge in [0.05, 0.1) is 21.8 Å². The molecule has 236 valence electrons. The highest BCUT2D eigenvalue weighted by Crippen LogP contribution is 2.65. The molecule has 0 saturated heterocycles. The zero-order chi connectivity index (χ0) is 32.9. The van der Waals surface area contributed by atoms with Gasteiger partial charge in [-0.05, 0) is 62.1 Å². The SMILES string of the molecule is Cc1sc(C(=O)N[C@H](C)c2ccccc2)cc1C1=C(c2cc(C(=O)N[C@H](C)c3ccccc3)sc2C)C(F)(F)C(F)(F)C1(F)F. The van der Waals surface area contributed by atoms with E-state index in [1.807, 2.05) is 0 Å². The summed E-state index contributed by atoms with van der Waals surface area (Å²) >= 11 is 1.47. The average molecular weight is 663 g/mol. The normalized spacial score (nSPS) is 18.0. The number of carbonyl (C=O) groups is 2. The van der Waals surface area contributed by atoms with Crippen LogP contribution in [0.15, 0.2) is 72.8 Å². The van der Waals surface area contributed by atoms with Crippen molar-refractivity contribution in [2.24, 2.45) is 0 Å². The van der Waals surface area contributed by atoms with Crippen LogP contribution in [0.4, 0.5) is 26.3 Å². The third-order valence-electron chi connectivity index (χ3n) is 7.78. The molecule has 4 aromatic rings. The fourth-order valence-corrected chi connectivity index (χ4v) is 7.16. The molecule has 45 heavy (non-hydrogen) atoms. The van der Waals surface area contributed by atoms with Gasteiger partial charge in [-0.1, -0.05) is 60.7 Å². The zero-order valence-electron chi connectivity index (χ0n) is 24.5. The number of nitrogens with one attached hydrogen (secondary N) is 2. The van der Waals surface area contributed by atoms with Crippen LogP contribution in [0.2, 0.25) is 0 Å². The number of halogens is 6. The Bertz CT molecular complexity index is 1650. The molecule has 2 aromatic carbocycles. The van der Waals surface area contributed by atoms with Gasteiger partial charge in [0.15, 0.2) is 0 Å².